The number of carboxylic acid groups (broad SMARTS) is 2. The summed E-state index contributed by atoms with van der Waals surface area (Å²) >= 11 is 0. The molecule has 1 fully saturated rings. The third-order valence-corrected chi connectivity index (χ3v) is 6.31. The summed E-state index contributed by atoms with van der Waals surface area (Å²) in [5.74, 6) is -1.63. The Labute approximate surface area is 190 Å². The van der Waals surface area contributed by atoms with Gasteiger partial charge >= 0.3 is 11.9 Å². The van der Waals surface area contributed by atoms with Crippen molar-refractivity contribution in [2.75, 3.05) is 26.2 Å². The van der Waals surface area contributed by atoms with Gasteiger partial charge in [-0.05, 0) is 32.0 Å². The van der Waals surface area contributed by atoms with E-state index in [0.29, 0.717) is 49.2 Å². The first-order valence-electron chi connectivity index (χ1n) is 10.9. The zero-order valence-electron chi connectivity index (χ0n) is 18.6. The Bertz CT molecular complexity index is 1160. The fraction of sp³-hybridized carbons (Fsp3) is 0.435. The van der Waals surface area contributed by atoms with Gasteiger partial charge in [0.05, 0.1) is 17.6 Å². The molecular formula is C23H27FN4O5. The van der Waals surface area contributed by atoms with Gasteiger partial charge in [0.25, 0.3) is 0 Å². The summed E-state index contributed by atoms with van der Waals surface area (Å²) in [5, 5.41) is 23.8. The third-order valence-electron chi connectivity index (χ3n) is 6.31. The Kier molecular flexibility index (Phi) is 6.48. The van der Waals surface area contributed by atoms with E-state index in [2.05, 4.69) is 10.1 Å². The van der Waals surface area contributed by atoms with E-state index in [1.165, 1.54) is 12.1 Å². The van der Waals surface area contributed by atoms with E-state index < -0.39 is 23.8 Å². The number of halogens is 1. The number of carbonyl (C=O) groups is 2. The highest BCUT2D eigenvalue weighted by Crippen LogP contribution is 2.32. The number of aliphatic carboxylic acids is 2. The molecule has 0 aliphatic carbocycles. The van der Waals surface area contributed by atoms with E-state index in [1.54, 1.807) is 16.8 Å². The largest absolute Gasteiger partial charge is 0.481 e. The van der Waals surface area contributed by atoms with E-state index in [-0.39, 0.29) is 13.0 Å². The first-order chi connectivity index (χ1) is 15.7. The van der Waals surface area contributed by atoms with Crippen LogP contribution in [0, 0.1) is 19.7 Å². The summed E-state index contributed by atoms with van der Waals surface area (Å²) in [7, 11) is 0. The molecule has 0 bridgehead atoms. The molecule has 1 aromatic carbocycles. The van der Waals surface area contributed by atoms with Crippen LogP contribution in [0.1, 0.15) is 35.0 Å². The maximum atomic E-state index is 13.9. The van der Waals surface area contributed by atoms with Gasteiger partial charge in [0, 0.05) is 62.0 Å². The lowest BCUT2D eigenvalue weighted by Crippen LogP contribution is -2.48. The minimum absolute atomic E-state index is 0.132. The minimum Gasteiger partial charge on any atom is -0.481 e. The van der Waals surface area contributed by atoms with Crippen LogP contribution in [0.5, 0.6) is 0 Å². The van der Waals surface area contributed by atoms with Crippen molar-refractivity contribution in [3.63, 3.8) is 0 Å². The molecule has 2 aromatic heterocycles. The zero-order valence-corrected chi connectivity index (χ0v) is 18.6. The van der Waals surface area contributed by atoms with Gasteiger partial charge in [-0.3, -0.25) is 19.4 Å². The van der Waals surface area contributed by atoms with E-state index >= 15 is 0 Å². The number of aryl methyl sites for hydroxylation is 3. The van der Waals surface area contributed by atoms with Crippen molar-refractivity contribution in [1.29, 1.82) is 0 Å². The number of nitrogens with zero attached hydrogens (tertiary/aromatic N) is 4. The van der Waals surface area contributed by atoms with E-state index in [1.807, 2.05) is 18.7 Å². The average Bonchev–Trinajstić information content (AvgIpc) is 3.27. The molecule has 0 radical (unpaired) electrons. The summed E-state index contributed by atoms with van der Waals surface area (Å²) in [6, 6.07) is 3.28. The molecule has 0 amide bonds. The highest BCUT2D eigenvalue weighted by Gasteiger charge is 2.33. The summed E-state index contributed by atoms with van der Waals surface area (Å²) < 4.78 is 20.8. The highest BCUT2D eigenvalue weighted by atomic mass is 19.1. The molecule has 1 aliphatic heterocycles. The smallest absolute Gasteiger partial charge is 0.325 e. The quantitative estimate of drug-likeness (QED) is 0.530. The van der Waals surface area contributed by atoms with Gasteiger partial charge in [-0.2, -0.15) is 0 Å². The monoisotopic (exact) mass is 458 g/mol. The average molecular weight is 458 g/mol. The molecule has 1 saturated heterocycles. The van der Waals surface area contributed by atoms with Crippen LogP contribution in [0.25, 0.3) is 10.9 Å². The molecule has 0 saturated carbocycles. The molecule has 3 heterocycles. The fourth-order valence-corrected chi connectivity index (χ4v) is 4.53. The number of aromatic nitrogens is 2. The van der Waals surface area contributed by atoms with E-state index in [9.17, 15) is 19.1 Å². The fourth-order valence-electron chi connectivity index (χ4n) is 4.53. The molecule has 1 unspecified atom stereocenters. The standard InChI is InChI=1S/C23H27FN4O5/c1-14-18(15(2)33-25-14)12-26-7-9-27(10-8-26)22(23(31)32)19-13-28(6-5-21(29)30)20-11-16(24)3-4-17(19)20/h3-4,11,13,22H,5-10,12H2,1-2H3,(H,29,30)(H,31,32). The molecule has 3 aromatic rings. The van der Waals surface area contributed by atoms with Crippen LogP contribution >= 0.6 is 0 Å². The topological polar surface area (TPSA) is 112 Å². The second-order valence-corrected chi connectivity index (χ2v) is 8.44. The predicted octanol–water partition coefficient (Wildman–Crippen LogP) is 2.80. The van der Waals surface area contributed by atoms with Crippen molar-refractivity contribution in [3.8, 4) is 0 Å². The van der Waals surface area contributed by atoms with E-state index in [4.69, 9.17) is 9.63 Å². The van der Waals surface area contributed by atoms with Gasteiger partial charge in [0.1, 0.15) is 17.6 Å². The van der Waals surface area contributed by atoms with Gasteiger partial charge in [0.15, 0.2) is 0 Å². The lowest BCUT2D eigenvalue weighted by Gasteiger charge is -2.37. The van der Waals surface area contributed by atoms with Crippen molar-refractivity contribution in [2.24, 2.45) is 0 Å². The van der Waals surface area contributed by atoms with Crippen LogP contribution < -0.4 is 0 Å². The number of benzene rings is 1. The van der Waals surface area contributed by atoms with Crippen LogP contribution in [0.4, 0.5) is 4.39 Å². The van der Waals surface area contributed by atoms with Gasteiger partial charge in [-0.15, -0.1) is 0 Å². The number of carboxylic acids is 2. The second kappa shape index (κ2) is 9.32. The first kappa shape index (κ1) is 22.9. The minimum atomic E-state index is -0.990. The summed E-state index contributed by atoms with van der Waals surface area (Å²) in [6.07, 6.45) is 1.51. The predicted molar refractivity (Wildman–Crippen MR) is 117 cm³/mol. The van der Waals surface area contributed by atoms with Crippen molar-refractivity contribution in [1.82, 2.24) is 19.5 Å². The zero-order chi connectivity index (χ0) is 23.7. The van der Waals surface area contributed by atoms with Crippen molar-refractivity contribution in [2.45, 2.75) is 39.4 Å². The number of rotatable bonds is 8. The molecule has 2 N–H and O–H groups in total. The third kappa shape index (κ3) is 4.76. The first-order valence-corrected chi connectivity index (χ1v) is 10.9. The van der Waals surface area contributed by atoms with Crippen molar-refractivity contribution < 1.29 is 28.7 Å². The van der Waals surface area contributed by atoms with Crippen LogP contribution in [0.2, 0.25) is 0 Å². The van der Waals surface area contributed by atoms with Gasteiger partial charge < -0.3 is 19.3 Å². The molecule has 10 heteroatoms. The number of fused-ring (bicyclic) bond motifs is 1. The molecule has 4 rings (SSSR count). The van der Waals surface area contributed by atoms with Crippen molar-refractivity contribution in [3.05, 3.63) is 52.8 Å². The molecule has 9 nitrogen and oxygen atoms in total. The Morgan fingerprint density at radius 3 is 2.52 bits per heavy atom. The Hall–Kier alpha value is -3.24. The SMILES string of the molecule is Cc1noc(C)c1CN1CCN(C(C(=O)O)c2cn(CCC(=O)O)c3cc(F)ccc23)CC1. The van der Waals surface area contributed by atoms with Crippen LogP contribution in [-0.4, -0.2) is 67.9 Å². The summed E-state index contributed by atoms with van der Waals surface area (Å²) in [6.45, 7) is 7.07. The lowest BCUT2D eigenvalue weighted by molar-refractivity contribution is -0.144. The number of piperazine rings is 1. The van der Waals surface area contributed by atoms with Gasteiger partial charge in [-0.1, -0.05) is 5.16 Å². The molecule has 1 atom stereocenters. The second-order valence-electron chi connectivity index (χ2n) is 8.44. The summed E-state index contributed by atoms with van der Waals surface area (Å²) in [4.78, 5) is 27.6. The molecule has 176 valence electrons. The van der Waals surface area contributed by atoms with Crippen LogP contribution in [0.15, 0.2) is 28.9 Å². The normalized spacial score (nSPS) is 16.3. The number of hydrogen-bond acceptors (Lipinski definition) is 6. The molecule has 0 spiro atoms. The van der Waals surface area contributed by atoms with E-state index in [0.717, 1.165) is 17.0 Å². The molecule has 33 heavy (non-hydrogen) atoms. The Morgan fingerprint density at radius 1 is 1.18 bits per heavy atom. The lowest BCUT2D eigenvalue weighted by atomic mass is 10.0. The number of hydrogen-bond donors (Lipinski definition) is 2. The van der Waals surface area contributed by atoms with Gasteiger partial charge in [-0.25, -0.2) is 4.39 Å². The Balaban J connectivity index is 1.57. The van der Waals surface area contributed by atoms with Gasteiger partial charge in [0.2, 0.25) is 0 Å². The molecule has 1 aliphatic rings. The highest BCUT2D eigenvalue weighted by molar-refractivity contribution is 5.90. The summed E-state index contributed by atoms with van der Waals surface area (Å²) in [5.41, 5.74) is 2.96. The molecular weight excluding hydrogens is 431 g/mol. The van der Waals surface area contributed by atoms with Crippen LogP contribution in [0.3, 0.4) is 0 Å². The maximum absolute atomic E-state index is 13.9. The Morgan fingerprint density at radius 2 is 1.91 bits per heavy atom. The van der Waals surface area contributed by atoms with Crippen LogP contribution in [-0.2, 0) is 22.7 Å². The van der Waals surface area contributed by atoms with Crippen molar-refractivity contribution >= 4 is 22.8 Å². The maximum Gasteiger partial charge on any atom is 0.325 e.